The molecule has 0 aliphatic heterocycles. The minimum absolute atomic E-state index is 0.122. The Hall–Kier alpha value is -0.800. The van der Waals surface area contributed by atoms with Crippen molar-refractivity contribution in [2.75, 3.05) is 6.86 Å². The van der Waals surface area contributed by atoms with Crippen LogP contribution in [0.15, 0.2) is 18.2 Å². The van der Waals surface area contributed by atoms with Gasteiger partial charge in [0, 0.05) is 5.56 Å². The lowest BCUT2D eigenvalue weighted by Crippen LogP contribution is -2.05. The summed E-state index contributed by atoms with van der Waals surface area (Å²) in [6.45, 7) is 0.329. The zero-order valence-electron chi connectivity index (χ0n) is 7.97. The standard InChI is InChI=1S/C10H9Cl2FO2/c1-6(14)9(12)7-3-2-4-8(11)10(7)15-5-13/h2-4,9H,5H2,1H3. The second-order valence-corrected chi connectivity index (χ2v) is 3.73. The predicted molar refractivity (Wildman–Crippen MR) is 57.3 cm³/mol. The van der Waals surface area contributed by atoms with Crippen molar-refractivity contribution in [3.8, 4) is 5.75 Å². The fourth-order valence-electron chi connectivity index (χ4n) is 1.15. The molecule has 1 unspecified atom stereocenters. The van der Waals surface area contributed by atoms with Crippen LogP contribution in [0.4, 0.5) is 4.39 Å². The Kier molecular flexibility index (Phi) is 4.36. The van der Waals surface area contributed by atoms with E-state index in [1.54, 1.807) is 18.2 Å². The third-order valence-corrected chi connectivity index (χ3v) is 2.67. The van der Waals surface area contributed by atoms with Gasteiger partial charge >= 0.3 is 0 Å². The highest BCUT2D eigenvalue weighted by Crippen LogP contribution is 2.36. The number of para-hydroxylation sites is 1. The molecule has 0 radical (unpaired) electrons. The number of hydrogen-bond donors (Lipinski definition) is 0. The van der Waals surface area contributed by atoms with Crippen LogP contribution in [0, 0.1) is 0 Å². The molecule has 0 amide bonds. The lowest BCUT2D eigenvalue weighted by atomic mass is 10.1. The fourth-order valence-corrected chi connectivity index (χ4v) is 1.56. The molecule has 0 bridgehead atoms. The van der Waals surface area contributed by atoms with Gasteiger partial charge in [-0.3, -0.25) is 4.79 Å². The van der Waals surface area contributed by atoms with Crippen LogP contribution in [0.3, 0.4) is 0 Å². The lowest BCUT2D eigenvalue weighted by Gasteiger charge is -2.13. The van der Waals surface area contributed by atoms with Gasteiger partial charge in [-0.1, -0.05) is 23.7 Å². The third kappa shape index (κ3) is 2.83. The molecule has 0 aliphatic carbocycles. The SMILES string of the molecule is CC(=O)C(Cl)c1cccc(Cl)c1OCF. The smallest absolute Gasteiger partial charge is 0.228 e. The number of carbonyl (C=O) groups is 1. The Morgan fingerprint density at radius 3 is 2.80 bits per heavy atom. The van der Waals surface area contributed by atoms with E-state index >= 15 is 0 Å². The predicted octanol–water partition coefficient (Wildman–Crippen LogP) is 3.51. The van der Waals surface area contributed by atoms with Crippen molar-refractivity contribution in [3.05, 3.63) is 28.8 Å². The Labute approximate surface area is 96.9 Å². The van der Waals surface area contributed by atoms with E-state index < -0.39 is 12.2 Å². The molecule has 1 rings (SSSR count). The van der Waals surface area contributed by atoms with Gasteiger partial charge in [0.25, 0.3) is 0 Å². The number of halogens is 3. The number of benzene rings is 1. The molecule has 0 saturated heterocycles. The van der Waals surface area contributed by atoms with Crippen LogP contribution in [0.1, 0.15) is 17.9 Å². The van der Waals surface area contributed by atoms with E-state index in [1.165, 1.54) is 6.92 Å². The first kappa shape index (κ1) is 12.3. The number of ether oxygens (including phenoxy) is 1. The molecular formula is C10H9Cl2FO2. The number of rotatable bonds is 4. The molecule has 1 aromatic carbocycles. The monoisotopic (exact) mass is 250 g/mol. The molecule has 82 valence electrons. The third-order valence-electron chi connectivity index (χ3n) is 1.83. The average molecular weight is 251 g/mol. The molecule has 15 heavy (non-hydrogen) atoms. The molecule has 0 aromatic heterocycles. The Balaban J connectivity index is 3.15. The maximum absolute atomic E-state index is 12.1. The number of carbonyl (C=O) groups excluding carboxylic acids is 1. The summed E-state index contributed by atoms with van der Waals surface area (Å²) in [5.41, 5.74) is 0.384. The Bertz CT molecular complexity index is 368. The summed E-state index contributed by atoms with van der Waals surface area (Å²) in [5, 5.41) is -0.637. The van der Waals surface area contributed by atoms with Crippen LogP contribution in [0.25, 0.3) is 0 Å². The van der Waals surface area contributed by atoms with Crippen molar-refractivity contribution in [3.63, 3.8) is 0 Å². The fraction of sp³-hybridized carbons (Fsp3) is 0.300. The van der Waals surface area contributed by atoms with Crippen molar-refractivity contribution in [1.29, 1.82) is 0 Å². The molecule has 5 heteroatoms. The first-order chi connectivity index (χ1) is 7.07. The molecule has 0 N–H and O–H groups in total. The zero-order chi connectivity index (χ0) is 11.4. The number of ketones is 1. The van der Waals surface area contributed by atoms with Crippen molar-refractivity contribution < 1.29 is 13.9 Å². The number of Topliss-reactive ketones (excluding diaryl/α,β-unsaturated/α-hetero) is 1. The summed E-state index contributed by atoms with van der Waals surface area (Å²) in [5.74, 6) is -0.125. The summed E-state index contributed by atoms with van der Waals surface area (Å²) >= 11 is 11.6. The summed E-state index contributed by atoms with van der Waals surface area (Å²) in [4.78, 5) is 11.1. The van der Waals surface area contributed by atoms with Gasteiger partial charge in [-0.15, -0.1) is 11.6 Å². The highest BCUT2D eigenvalue weighted by atomic mass is 35.5. The summed E-state index contributed by atoms with van der Waals surface area (Å²) in [7, 11) is 0. The lowest BCUT2D eigenvalue weighted by molar-refractivity contribution is -0.116. The van der Waals surface area contributed by atoms with E-state index in [0.717, 1.165) is 0 Å². The van der Waals surface area contributed by atoms with Gasteiger partial charge in [0.05, 0.1) is 5.02 Å². The molecule has 1 atom stereocenters. The maximum Gasteiger partial charge on any atom is 0.228 e. The van der Waals surface area contributed by atoms with Gasteiger partial charge in [0.2, 0.25) is 6.86 Å². The van der Waals surface area contributed by atoms with E-state index in [4.69, 9.17) is 27.9 Å². The van der Waals surface area contributed by atoms with Crippen LogP contribution in [-0.2, 0) is 4.79 Å². The van der Waals surface area contributed by atoms with E-state index in [9.17, 15) is 9.18 Å². The van der Waals surface area contributed by atoms with Crippen LogP contribution >= 0.6 is 23.2 Å². The van der Waals surface area contributed by atoms with E-state index in [-0.39, 0.29) is 16.6 Å². The van der Waals surface area contributed by atoms with Crippen LogP contribution in [0.2, 0.25) is 5.02 Å². The maximum atomic E-state index is 12.1. The molecular weight excluding hydrogens is 242 g/mol. The molecule has 0 aliphatic rings. The van der Waals surface area contributed by atoms with Crippen LogP contribution < -0.4 is 4.74 Å². The van der Waals surface area contributed by atoms with E-state index in [0.29, 0.717) is 5.56 Å². The first-order valence-corrected chi connectivity index (χ1v) is 5.01. The van der Waals surface area contributed by atoms with Crippen LogP contribution in [-0.4, -0.2) is 12.6 Å². The van der Waals surface area contributed by atoms with Gasteiger partial charge in [-0.25, -0.2) is 4.39 Å². The van der Waals surface area contributed by atoms with Gasteiger partial charge in [0.1, 0.15) is 11.1 Å². The number of hydrogen-bond acceptors (Lipinski definition) is 2. The van der Waals surface area contributed by atoms with Gasteiger partial charge in [-0.05, 0) is 13.0 Å². The normalized spacial score (nSPS) is 12.3. The van der Waals surface area contributed by atoms with Crippen LogP contribution in [0.5, 0.6) is 5.75 Å². The topological polar surface area (TPSA) is 26.3 Å². The molecule has 2 nitrogen and oxygen atoms in total. The highest BCUT2D eigenvalue weighted by molar-refractivity contribution is 6.34. The van der Waals surface area contributed by atoms with Crippen molar-refractivity contribution in [1.82, 2.24) is 0 Å². The van der Waals surface area contributed by atoms with Crippen molar-refractivity contribution >= 4 is 29.0 Å². The van der Waals surface area contributed by atoms with E-state index in [2.05, 4.69) is 0 Å². The van der Waals surface area contributed by atoms with Gasteiger partial charge in [0.15, 0.2) is 5.78 Å². The summed E-state index contributed by atoms with van der Waals surface area (Å²) in [6, 6.07) is 4.75. The van der Waals surface area contributed by atoms with E-state index in [1.807, 2.05) is 0 Å². The summed E-state index contributed by atoms with van der Waals surface area (Å²) < 4.78 is 16.8. The highest BCUT2D eigenvalue weighted by Gasteiger charge is 2.19. The molecule has 0 spiro atoms. The molecule has 1 aromatic rings. The Morgan fingerprint density at radius 2 is 2.27 bits per heavy atom. The second-order valence-electron chi connectivity index (χ2n) is 2.88. The average Bonchev–Trinajstić information content (AvgIpc) is 2.20. The van der Waals surface area contributed by atoms with Gasteiger partial charge < -0.3 is 4.74 Å². The van der Waals surface area contributed by atoms with Crippen molar-refractivity contribution in [2.24, 2.45) is 0 Å². The zero-order valence-corrected chi connectivity index (χ0v) is 9.48. The minimum Gasteiger partial charge on any atom is -0.461 e. The molecule has 0 heterocycles. The quantitative estimate of drug-likeness (QED) is 0.765. The Morgan fingerprint density at radius 1 is 1.60 bits per heavy atom. The number of alkyl halides is 2. The largest absolute Gasteiger partial charge is 0.461 e. The molecule has 0 fully saturated rings. The second kappa shape index (κ2) is 5.33. The first-order valence-electron chi connectivity index (χ1n) is 4.19. The summed E-state index contributed by atoms with van der Waals surface area (Å²) in [6.07, 6.45) is 0. The minimum atomic E-state index is -1.02. The van der Waals surface area contributed by atoms with Gasteiger partial charge in [-0.2, -0.15) is 0 Å². The van der Waals surface area contributed by atoms with Crippen molar-refractivity contribution in [2.45, 2.75) is 12.3 Å². The molecule has 0 saturated carbocycles.